The molecule has 1 saturated heterocycles. The van der Waals surface area contributed by atoms with E-state index >= 15 is 0 Å². The van der Waals surface area contributed by atoms with E-state index < -0.39 is 10.0 Å². The Hall–Kier alpha value is -2.78. The van der Waals surface area contributed by atoms with Gasteiger partial charge in [0.15, 0.2) is 11.5 Å². The van der Waals surface area contributed by atoms with Crippen LogP contribution in [0.2, 0.25) is 0 Å². The van der Waals surface area contributed by atoms with Crippen molar-refractivity contribution in [2.75, 3.05) is 36.5 Å². The molecule has 2 aromatic carbocycles. The van der Waals surface area contributed by atoms with E-state index in [-0.39, 0.29) is 25.0 Å². The quantitative estimate of drug-likeness (QED) is 0.603. The van der Waals surface area contributed by atoms with Crippen LogP contribution in [-0.4, -0.2) is 51.4 Å². The topological polar surface area (TPSA) is 88.2 Å². The van der Waals surface area contributed by atoms with E-state index in [0.717, 1.165) is 29.5 Å². The summed E-state index contributed by atoms with van der Waals surface area (Å²) in [5.41, 5.74) is 2.60. The van der Waals surface area contributed by atoms with Gasteiger partial charge in [-0.3, -0.25) is 14.0 Å². The molecule has 33 heavy (non-hydrogen) atoms. The Kier molecular flexibility index (Phi) is 7.39. The molecule has 1 fully saturated rings. The van der Waals surface area contributed by atoms with Crippen LogP contribution in [0.3, 0.4) is 0 Å². The van der Waals surface area contributed by atoms with Crippen molar-refractivity contribution in [2.24, 2.45) is 0 Å². The maximum atomic E-state index is 12.7. The van der Waals surface area contributed by atoms with E-state index in [2.05, 4.69) is 22.3 Å². The molecule has 1 amide bonds. The minimum Gasteiger partial charge on any atom is -0.454 e. The highest BCUT2D eigenvalue weighted by molar-refractivity contribution is 7.92. The first kappa shape index (κ1) is 23.4. The van der Waals surface area contributed by atoms with Crippen LogP contribution >= 0.6 is 0 Å². The van der Waals surface area contributed by atoms with Gasteiger partial charge in [-0.05, 0) is 56.1 Å². The Morgan fingerprint density at radius 2 is 1.70 bits per heavy atom. The minimum atomic E-state index is -3.66. The predicted octanol–water partition coefficient (Wildman–Crippen LogP) is 2.87. The van der Waals surface area contributed by atoms with Crippen LogP contribution in [0.4, 0.5) is 5.69 Å². The molecule has 9 heteroatoms. The molecule has 8 nitrogen and oxygen atoms in total. The largest absolute Gasteiger partial charge is 0.454 e. The highest BCUT2D eigenvalue weighted by Gasteiger charge is 2.25. The predicted molar refractivity (Wildman–Crippen MR) is 127 cm³/mol. The zero-order valence-electron chi connectivity index (χ0n) is 19.0. The number of anilines is 1. The molecule has 0 atom stereocenters. The van der Waals surface area contributed by atoms with Gasteiger partial charge in [0.05, 0.1) is 11.4 Å². The lowest BCUT2D eigenvalue weighted by Crippen LogP contribution is -2.41. The number of ether oxygens (including phenoxy) is 2. The average Bonchev–Trinajstić information content (AvgIpc) is 3.30. The van der Waals surface area contributed by atoms with E-state index in [1.807, 2.05) is 12.1 Å². The fourth-order valence-corrected chi connectivity index (χ4v) is 5.13. The van der Waals surface area contributed by atoms with E-state index in [1.165, 1.54) is 24.8 Å². The highest BCUT2D eigenvalue weighted by atomic mass is 32.2. The number of nitrogens with one attached hydrogen (secondary N) is 1. The van der Waals surface area contributed by atoms with Gasteiger partial charge >= 0.3 is 0 Å². The standard InChI is InChI=1S/C24H31N3O5S/c1-2-33(29,30)27(21-10-11-22-23(14-21)32-18-31-22)17-24(28)25-15-19-6-8-20(9-7-19)16-26-12-4-3-5-13-26/h6-11,14H,2-5,12-13,15-18H2,1H3,(H,25,28). The molecular weight excluding hydrogens is 442 g/mol. The van der Waals surface area contributed by atoms with Crippen LogP contribution < -0.4 is 19.1 Å². The third-order valence-electron chi connectivity index (χ3n) is 6.00. The number of amides is 1. The summed E-state index contributed by atoms with van der Waals surface area (Å²) in [6, 6.07) is 13.1. The number of hydrogen-bond donors (Lipinski definition) is 1. The Bertz CT molecular complexity index is 1070. The molecule has 0 aliphatic carbocycles. The van der Waals surface area contributed by atoms with Gasteiger partial charge < -0.3 is 14.8 Å². The second kappa shape index (κ2) is 10.4. The number of carbonyl (C=O) groups is 1. The molecule has 4 rings (SSSR count). The SMILES string of the molecule is CCS(=O)(=O)N(CC(=O)NCc1ccc(CN2CCCCC2)cc1)c1ccc2c(c1)OCO2. The molecule has 0 saturated carbocycles. The van der Waals surface area contributed by atoms with Crippen molar-refractivity contribution in [2.45, 2.75) is 39.3 Å². The Morgan fingerprint density at radius 1 is 1.00 bits per heavy atom. The molecule has 1 N–H and O–H groups in total. The van der Waals surface area contributed by atoms with Gasteiger partial charge in [-0.2, -0.15) is 0 Å². The van der Waals surface area contributed by atoms with Crippen LogP contribution in [0.5, 0.6) is 11.5 Å². The Labute approximate surface area is 195 Å². The normalized spacial score (nSPS) is 15.9. The average molecular weight is 474 g/mol. The maximum Gasteiger partial charge on any atom is 0.241 e. The lowest BCUT2D eigenvalue weighted by molar-refractivity contribution is -0.119. The molecular formula is C24H31N3O5S. The summed E-state index contributed by atoms with van der Waals surface area (Å²) in [4.78, 5) is 15.1. The zero-order chi connectivity index (χ0) is 23.3. The zero-order valence-corrected chi connectivity index (χ0v) is 19.8. The Morgan fingerprint density at radius 3 is 2.42 bits per heavy atom. The smallest absolute Gasteiger partial charge is 0.241 e. The summed E-state index contributed by atoms with van der Waals surface area (Å²) in [7, 11) is -3.66. The number of sulfonamides is 1. The summed E-state index contributed by atoms with van der Waals surface area (Å²) in [5.74, 6) is 0.532. The van der Waals surface area contributed by atoms with Crippen molar-refractivity contribution in [1.82, 2.24) is 10.2 Å². The molecule has 0 aromatic heterocycles. The summed E-state index contributed by atoms with van der Waals surface area (Å²) < 4.78 is 37.1. The number of hydrogen-bond acceptors (Lipinski definition) is 6. The van der Waals surface area contributed by atoms with E-state index in [4.69, 9.17) is 9.47 Å². The number of fused-ring (bicyclic) bond motifs is 1. The van der Waals surface area contributed by atoms with Crippen molar-refractivity contribution in [3.05, 3.63) is 53.6 Å². The van der Waals surface area contributed by atoms with Gasteiger partial charge in [0.1, 0.15) is 6.54 Å². The third-order valence-corrected chi connectivity index (χ3v) is 7.74. The molecule has 0 radical (unpaired) electrons. The summed E-state index contributed by atoms with van der Waals surface area (Å²) in [6.07, 6.45) is 3.85. The maximum absolute atomic E-state index is 12.7. The van der Waals surface area contributed by atoms with Crippen molar-refractivity contribution in [1.29, 1.82) is 0 Å². The van der Waals surface area contributed by atoms with Crippen molar-refractivity contribution in [3.63, 3.8) is 0 Å². The van der Waals surface area contributed by atoms with Gasteiger partial charge in [0.2, 0.25) is 22.7 Å². The van der Waals surface area contributed by atoms with Crippen LogP contribution in [0, 0.1) is 0 Å². The molecule has 2 aliphatic rings. The number of piperidine rings is 1. The van der Waals surface area contributed by atoms with E-state index in [1.54, 1.807) is 25.1 Å². The number of nitrogens with zero attached hydrogens (tertiary/aromatic N) is 2. The van der Waals surface area contributed by atoms with Gasteiger partial charge in [0.25, 0.3) is 0 Å². The lowest BCUT2D eigenvalue weighted by Gasteiger charge is -2.26. The minimum absolute atomic E-state index is 0.0939. The summed E-state index contributed by atoms with van der Waals surface area (Å²) in [5, 5.41) is 2.84. The van der Waals surface area contributed by atoms with Crippen molar-refractivity contribution < 1.29 is 22.7 Å². The molecule has 0 bridgehead atoms. The number of benzene rings is 2. The van der Waals surface area contributed by atoms with Gasteiger partial charge in [0, 0.05) is 19.2 Å². The molecule has 0 spiro atoms. The van der Waals surface area contributed by atoms with Crippen molar-refractivity contribution in [3.8, 4) is 11.5 Å². The van der Waals surface area contributed by atoms with Crippen LogP contribution in [0.1, 0.15) is 37.3 Å². The second-order valence-corrected chi connectivity index (χ2v) is 10.6. The van der Waals surface area contributed by atoms with Gasteiger partial charge in [-0.1, -0.05) is 30.7 Å². The van der Waals surface area contributed by atoms with Crippen LogP contribution in [0.25, 0.3) is 0 Å². The second-order valence-electron chi connectivity index (χ2n) is 8.37. The number of rotatable bonds is 9. The third kappa shape index (κ3) is 5.97. The molecule has 0 unspecified atom stereocenters. The first-order chi connectivity index (χ1) is 15.9. The van der Waals surface area contributed by atoms with Crippen molar-refractivity contribution >= 4 is 21.6 Å². The molecule has 2 heterocycles. The first-order valence-corrected chi connectivity index (χ1v) is 13.0. The van der Waals surface area contributed by atoms with Gasteiger partial charge in [-0.25, -0.2) is 8.42 Å². The highest BCUT2D eigenvalue weighted by Crippen LogP contribution is 2.36. The Balaban J connectivity index is 1.35. The molecule has 178 valence electrons. The summed E-state index contributed by atoms with van der Waals surface area (Å²) >= 11 is 0. The number of likely N-dealkylation sites (tertiary alicyclic amines) is 1. The lowest BCUT2D eigenvalue weighted by atomic mass is 10.1. The molecule has 2 aliphatic heterocycles. The summed E-state index contributed by atoms with van der Waals surface area (Å²) in [6.45, 7) is 4.94. The molecule has 2 aromatic rings. The van der Waals surface area contributed by atoms with E-state index in [9.17, 15) is 13.2 Å². The van der Waals surface area contributed by atoms with E-state index in [0.29, 0.717) is 23.7 Å². The fraction of sp³-hybridized carbons (Fsp3) is 0.458. The number of carbonyl (C=O) groups excluding carboxylic acids is 1. The first-order valence-electron chi connectivity index (χ1n) is 11.4. The van der Waals surface area contributed by atoms with Crippen LogP contribution in [0.15, 0.2) is 42.5 Å². The van der Waals surface area contributed by atoms with Crippen LogP contribution in [-0.2, 0) is 27.9 Å². The monoisotopic (exact) mass is 473 g/mol. The van der Waals surface area contributed by atoms with Gasteiger partial charge in [-0.15, -0.1) is 0 Å². The fourth-order valence-electron chi connectivity index (χ4n) is 4.07.